The van der Waals surface area contributed by atoms with Gasteiger partial charge in [-0.3, -0.25) is 0 Å². The molecule has 0 N–H and O–H groups in total. The maximum atomic E-state index is 2.58. The van der Waals surface area contributed by atoms with Crippen molar-refractivity contribution >= 4 is 0 Å². The van der Waals surface area contributed by atoms with Gasteiger partial charge < -0.3 is 0 Å². The second-order valence-corrected chi connectivity index (χ2v) is 6.59. The van der Waals surface area contributed by atoms with Gasteiger partial charge in [-0.05, 0) is 62.2 Å². The number of hydrogen-bond donors (Lipinski definition) is 0. The molecule has 98 valence electrons. The Morgan fingerprint density at radius 3 is 1.71 bits per heavy atom. The van der Waals surface area contributed by atoms with Crippen molar-refractivity contribution in [1.82, 2.24) is 0 Å². The summed E-state index contributed by atoms with van der Waals surface area (Å²) < 4.78 is 0. The van der Waals surface area contributed by atoms with Gasteiger partial charge in [0.2, 0.25) is 0 Å². The van der Waals surface area contributed by atoms with Gasteiger partial charge in [-0.15, -0.1) is 0 Å². The average Bonchev–Trinajstić information content (AvgIpc) is 2.39. The Hall–Kier alpha value is -0.260. The van der Waals surface area contributed by atoms with Crippen LogP contribution in [0.4, 0.5) is 0 Å². The molecule has 17 heavy (non-hydrogen) atoms. The topological polar surface area (TPSA) is 0 Å². The van der Waals surface area contributed by atoms with Crippen LogP contribution in [0.1, 0.15) is 71.6 Å². The van der Waals surface area contributed by atoms with Crippen molar-refractivity contribution in [1.29, 1.82) is 0 Å². The third-order valence-corrected chi connectivity index (χ3v) is 5.18. The first-order valence-corrected chi connectivity index (χ1v) is 7.96. The first-order chi connectivity index (χ1) is 8.28. The Labute approximate surface area is 108 Å². The van der Waals surface area contributed by atoms with Gasteiger partial charge in [0.1, 0.15) is 0 Å². The van der Waals surface area contributed by atoms with Crippen molar-refractivity contribution < 1.29 is 0 Å². The van der Waals surface area contributed by atoms with Gasteiger partial charge in [0.05, 0.1) is 0 Å². The molecule has 0 aromatic rings. The molecule has 0 spiro atoms. The predicted molar refractivity (Wildman–Crippen MR) is 76.0 cm³/mol. The number of rotatable bonds is 3. The SMILES string of the molecule is CCC1CCC(/C=C/C2CCC(C)CC2)CC1. The molecule has 0 unspecified atom stereocenters. The molecule has 2 saturated carbocycles. The fraction of sp³-hybridized carbons (Fsp3) is 0.882. The van der Waals surface area contributed by atoms with Crippen molar-refractivity contribution in [2.24, 2.45) is 23.7 Å². The Morgan fingerprint density at radius 1 is 0.765 bits per heavy atom. The summed E-state index contributed by atoms with van der Waals surface area (Å²) in [6.07, 6.45) is 18.2. The quantitative estimate of drug-likeness (QED) is 0.559. The molecule has 2 rings (SSSR count). The van der Waals surface area contributed by atoms with Crippen molar-refractivity contribution in [2.75, 3.05) is 0 Å². The molecule has 0 radical (unpaired) electrons. The molecule has 0 nitrogen and oxygen atoms in total. The molecular formula is C17H30. The van der Waals surface area contributed by atoms with Gasteiger partial charge in [-0.1, -0.05) is 45.3 Å². The van der Waals surface area contributed by atoms with E-state index >= 15 is 0 Å². The Bertz CT molecular complexity index is 224. The van der Waals surface area contributed by atoms with Crippen molar-refractivity contribution in [2.45, 2.75) is 71.6 Å². The minimum atomic E-state index is 0.912. The van der Waals surface area contributed by atoms with Crippen LogP contribution in [0.3, 0.4) is 0 Å². The van der Waals surface area contributed by atoms with Crippen LogP contribution in [0.15, 0.2) is 12.2 Å². The molecule has 0 heteroatoms. The van der Waals surface area contributed by atoms with Crippen LogP contribution >= 0.6 is 0 Å². The van der Waals surface area contributed by atoms with E-state index in [1.54, 1.807) is 0 Å². The van der Waals surface area contributed by atoms with E-state index < -0.39 is 0 Å². The second kappa shape index (κ2) is 6.61. The normalized spacial score (nSPS) is 39.6. The lowest BCUT2D eigenvalue weighted by atomic mass is 9.79. The van der Waals surface area contributed by atoms with E-state index in [1.165, 1.54) is 57.8 Å². The summed E-state index contributed by atoms with van der Waals surface area (Å²) in [5, 5.41) is 0. The van der Waals surface area contributed by atoms with Gasteiger partial charge in [-0.25, -0.2) is 0 Å². The highest BCUT2D eigenvalue weighted by Crippen LogP contribution is 2.33. The smallest absolute Gasteiger partial charge is 0.0233 e. The zero-order valence-electron chi connectivity index (χ0n) is 11.8. The van der Waals surface area contributed by atoms with Gasteiger partial charge in [0, 0.05) is 0 Å². The third-order valence-electron chi connectivity index (χ3n) is 5.18. The fourth-order valence-corrected chi connectivity index (χ4v) is 3.58. The lowest BCUT2D eigenvalue weighted by Crippen LogP contribution is -2.13. The number of hydrogen-bond acceptors (Lipinski definition) is 0. The van der Waals surface area contributed by atoms with Crippen LogP contribution in [-0.2, 0) is 0 Å². The van der Waals surface area contributed by atoms with Crippen LogP contribution in [0.5, 0.6) is 0 Å². The van der Waals surface area contributed by atoms with Gasteiger partial charge in [0.25, 0.3) is 0 Å². The van der Waals surface area contributed by atoms with E-state index in [4.69, 9.17) is 0 Å². The van der Waals surface area contributed by atoms with Crippen LogP contribution in [0.25, 0.3) is 0 Å². The van der Waals surface area contributed by atoms with E-state index in [0.29, 0.717) is 0 Å². The number of allylic oxidation sites excluding steroid dienone is 2. The maximum absolute atomic E-state index is 2.58. The highest BCUT2D eigenvalue weighted by Gasteiger charge is 2.19. The van der Waals surface area contributed by atoms with Gasteiger partial charge >= 0.3 is 0 Å². The van der Waals surface area contributed by atoms with Crippen LogP contribution in [0.2, 0.25) is 0 Å². The molecule has 0 heterocycles. The maximum Gasteiger partial charge on any atom is -0.0233 e. The summed E-state index contributed by atoms with van der Waals surface area (Å²) >= 11 is 0. The van der Waals surface area contributed by atoms with Crippen molar-refractivity contribution in [3.05, 3.63) is 12.2 Å². The summed E-state index contributed by atoms with van der Waals surface area (Å²) in [5.41, 5.74) is 0. The summed E-state index contributed by atoms with van der Waals surface area (Å²) in [6, 6.07) is 0. The zero-order chi connectivity index (χ0) is 12.1. The largest absolute Gasteiger partial charge is 0.0851 e. The Morgan fingerprint density at radius 2 is 1.24 bits per heavy atom. The molecule has 2 fully saturated rings. The first-order valence-electron chi connectivity index (χ1n) is 7.96. The highest BCUT2D eigenvalue weighted by atomic mass is 14.2. The summed E-state index contributed by atoms with van der Waals surface area (Å²) in [6.45, 7) is 4.76. The average molecular weight is 234 g/mol. The van der Waals surface area contributed by atoms with E-state index in [1.807, 2.05) is 0 Å². The van der Waals surface area contributed by atoms with E-state index in [-0.39, 0.29) is 0 Å². The van der Waals surface area contributed by atoms with Crippen LogP contribution in [0, 0.1) is 23.7 Å². The Kier molecular flexibility index (Phi) is 5.13. The first kappa shape index (κ1) is 13.2. The zero-order valence-corrected chi connectivity index (χ0v) is 11.8. The van der Waals surface area contributed by atoms with E-state index in [0.717, 1.165) is 23.7 Å². The minimum absolute atomic E-state index is 0.912. The van der Waals surface area contributed by atoms with E-state index in [2.05, 4.69) is 26.0 Å². The lowest BCUT2D eigenvalue weighted by Gasteiger charge is -2.27. The summed E-state index contributed by atoms with van der Waals surface area (Å²) in [4.78, 5) is 0. The second-order valence-electron chi connectivity index (χ2n) is 6.59. The monoisotopic (exact) mass is 234 g/mol. The molecule has 0 bridgehead atoms. The molecule has 2 aliphatic carbocycles. The lowest BCUT2D eigenvalue weighted by molar-refractivity contribution is 0.299. The molecule has 0 saturated heterocycles. The van der Waals surface area contributed by atoms with Gasteiger partial charge in [0.15, 0.2) is 0 Å². The predicted octanol–water partition coefficient (Wildman–Crippen LogP) is 5.59. The van der Waals surface area contributed by atoms with Crippen LogP contribution < -0.4 is 0 Å². The van der Waals surface area contributed by atoms with Gasteiger partial charge in [-0.2, -0.15) is 0 Å². The standard InChI is InChI=1S/C17H30/c1-3-15-8-10-17(11-9-15)13-12-16-6-4-14(2)5-7-16/h12-17H,3-11H2,1-2H3/b13-12+. The molecule has 0 aromatic carbocycles. The molecule has 0 aliphatic heterocycles. The third kappa shape index (κ3) is 4.16. The molecular weight excluding hydrogens is 204 g/mol. The van der Waals surface area contributed by atoms with E-state index in [9.17, 15) is 0 Å². The fourth-order valence-electron chi connectivity index (χ4n) is 3.58. The van der Waals surface area contributed by atoms with Crippen molar-refractivity contribution in [3.63, 3.8) is 0 Å². The van der Waals surface area contributed by atoms with Crippen molar-refractivity contribution in [3.8, 4) is 0 Å². The Balaban J connectivity index is 1.70. The molecule has 0 aromatic heterocycles. The summed E-state index contributed by atoms with van der Waals surface area (Å²) in [7, 11) is 0. The van der Waals surface area contributed by atoms with Crippen LogP contribution in [-0.4, -0.2) is 0 Å². The molecule has 0 atom stereocenters. The highest BCUT2D eigenvalue weighted by molar-refractivity contribution is 4.95. The minimum Gasteiger partial charge on any atom is -0.0851 e. The molecule has 2 aliphatic rings. The summed E-state index contributed by atoms with van der Waals surface area (Å²) in [5.74, 6) is 3.85. The molecule has 0 amide bonds.